The van der Waals surface area contributed by atoms with Gasteiger partial charge in [0.2, 0.25) is 0 Å². The molecule has 4 heteroatoms. The van der Waals surface area contributed by atoms with Gasteiger partial charge in [-0.1, -0.05) is 11.6 Å². The van der Waals surface area contributed by atoms with Gasteiger partial charge in [0.25, 0.3) is 0 Å². The fourth-order valence-corrected chi connectivity index (χ4v) is 1.41. The van der Waals surface area contributed by atoms with Crippen LogP contribution in [-0.2, 0) is 0 Å². The number of rotatable bonds is 1. The lowest BCUT2D eigenvalue weighted by atomic mass is 10.2. The highest BCUT2D eigenvalue weighted by Gasteiger charge is 2.01. The van der Waals surface area contributed by atoms with Crippen LogP contribution in [0.4, 0.5) is 0 Å². The maximum atomic E-state index is 6.63. The van der Waals surface area contributed by atoms with Gasteiger partial charge in [0.1, 0.15) is 0 Å². The van der Waals surface area contributed by atoms with Crippen LogP contribution in [0.5, 0.6) is 0 Å². The minimum atomic E-state index is 0.663. The molecule has 0 spiro atoms. The lowest BCUT2D eigenvalue weighted by Gasteiger charge is -1.90. The average Bonchev–Trinajstić information content (AvgIpc) is 2.57. The third-order valence-corrected chi connectivity index (χ3v) is 2.10. The number of hydrogen-bond donors (Lipinski definition) is 1. The SMILES string of the molecule is [C-]#[N+]/C=C/c1[nH]nc2ccc(Cl)cc12. The first-order valence-corrected chi connectivity index (χ1v) is 4.36. The Labute approximate surface area is 85.8 Å². The zero-order chi connectivity index (χ0) is 9.97. The van der Waals surface area contributed by atoms with Crippen molar-refractivity contribution in [2.45, 2.75) is 0 Å². The van der Waals surface area contributed by atoms with Crippen LogP contribution < -0.4 is 0 Å². The Morgan fingerprint density at radius 3 is 3.14 bits per heavy atom. The molecule has 0 unspecified atom stereocenters. The largest absolute Gasteiger partial charge is 0.279 e. The van der Waals surface area contributed by atoms with E-state index in [-0.39, 0.29) is 0 Å². The van der Waals surface area contributed by atoms with E-state index in [9.17, 15) is 0 Å². The van der Waals surface area contributed by atoms with Crippen molar-refractivity contribution in [2.24, 2.45) is 0 Å². The topological polar surface area (TPSA) is 33.0 Å². The van der Waals surface area contributed by atoms with Crippen molar-refractivity contribution in [3.05, 3.63) is 46.5 Å². The quantitative estimate of drug-likeness (QED) is 0.710. The Morgan fingerprint density at radius 2 is 2.36 bits per heavy atom. The van der Waals surface area contributed by atoms with Crippen molar-refractivity contribution in [1.29, 1.82) is 0 Å². The minimum Gasteiger partial charge on any atom is -0.279 e. The molecule has 1 aromatic heterocycles. The van der Waals surface area contributed by atoms with E-state index >= 15 is 0 Å². The van der Waals surface area contributed by atoms with Gasteiger partial charge in [0.05, 0.1) is 17.8 Å². The number of halogens is 1. The highest BCUT2D eigenvalue weighted by molar-refractivity contribution is 6.31. The summed E-state index contributed by atoms with van der Waals surface area (Å²) in [5, 5.41) is 8.50. The summed E-state index contributed by atoms with van der Waals surface area (Å²) in [6.45, 7) is 6.63. The van der Waals surface area contributed by atoms with E-state index < -0.39 is 0 Å². The third-order valence-electron chi connectivity index (χ3n) is 1.86. The summed E-state index contributed by atoms with van der Waals surface area (Å²) in [6, 6.07) is 5.44. The van der Waals surface area contributed by atoms with Crippen molar-refractivity contribution in [3.63, 3.8) is 0 Å². The molecule has 0 aliphatic carbocycles. The molecule has 0 saturated carbocycles. The maximum Gasteiger partial charge on any atom is 0.156 e. The molecule has 68 valence electrons. The van der Waals surface area contributed by atoms with Crippen LogP contribution in [0.2, 0.25) is 5.02 Å². The van der Waals surface area contributed by atoms with Crippen LogP contribution in [0.25, 0.3) is 21.8 Å². The molecule has 1 heterocycles. The molecule has 14 heavy (non-hydrogen) atoms. The molecule has 2 rings (SSSR count). The Balaban J connectivity index is 2.62. The Bertz CT molecular complexity index is 534. The van der Waals surface area contributed by atoms with Crippen LogP contribution in [0.3, 0.4) is 0 Å². The molecule has 0 aliphatic rings. The third kappa shape index (κ3) is 1.48. The molecule has 2 aromatic rings. The molecule has 0 atom stereocenters. The van der Waals surface area contributed by atoms with Crippen LogP contribution in [0, 0.1) is 6.57 Å². The van der Waals surface area contributed by atoms with Crippen molar-refractivity contribution in [1.82, 2.24) is 10.2 Å². The predicted octanol–water partition coefficient (Wildman–Crippen LogP) is 3.11. The van der Waals surface area contributed by atoms with Crippen LogP contribution in [0.15, 0.2) is 24.4 Å². The molecule has 0 amide bonds. The smallest absolute Gasteiger partial charge is 0.156 e. The minimum absolute atomic E-state index is 0.663. The monoisotopic (exact) mass is 203 g/mol. The summed E-state index contributed by atoms with van der Waals surface area (Å²) in [4.78, 5) is 3.13. The zero-order valence-electron chi connectivity index (χ0n) is 7.16. The van der Waals surface area contributed by atoms with Crippen LogP contribution >= 0.6 is 11.6 Å². The zero-order valence-corrected chi connectivity index (χ0v) is 7.92. The first-order valence-electron chi connectivity index (χ1n) is 3.98. The summed E-state index contributed by atoms with van der Waals surface area (Å²) in [6.07, 6.45) is 3.06. The van der Waals surface area contributed by atoms with Crippen molar-refractivity contribution < 1.29 is 0 Å². The van der Waals surface area contributed by atoms with E-state index in [1.807, 2.05) is 12.1 Å². The van der Waals surface area contributed by atoms with Crippen molar-refractivity contribution in [2.75, 3.05) is 0 Å². The van der Waals surface area contributed by atoms with E-state index in [4.69, 9.17) is 18.2 Å². The fourth-order valence-electron chi connectivity index (χ4n) is 1.24. The molecule has 3 nitrogen and oxygen atoms in total. The second-order valence-corrected chi connectivity index (χ2v) is 3.18. The summed E-state index contributed by atoms with van der Waals surface area (Å²) >= 11 is 5.86. The van der Waals surface area contributed by atoms with Gasteiger partial charge >= 0.3 is 0 Å². The Kier molecular flexibility index (Phi) is 2.21. The fraction of sp³-hybridized carbons (Fsp3) is 0. The molecule has 1 aromatic carbocycles. The second kappa shape index (κ2) is 3.52. The lowest BCUT2D eigenvalue weighted by molar-refractivity contribution is 1.11. The average molecular weight is 204 g/mol. The van der Waals surface area contributed by atoms with Gasteiger partial charge in [0.15, 0.2) is 6.20 Å². The number of hydrogen-bond acceptors (Lipinski definition) is 1. The van der Waals surface area contributed by atoms with E-state index in [1.54, 1.807) is 12.1 Å². The summed E-state index contributed by atoms with van der Waals surface area (Å²) in [5.74, 6) is 0. The normalized spacial score (nSPS) is 10.9. The number of H-pyrrole nitrogens is 1. The Morgan fingerprint density at radius 1 is 1.50 bits per heavy atom. The number of nitrogens with one attached hydrogen (secondary N) is 1. The second-order valence-electron chi connectivity index (χ2n) is 2.74. The van der Waals surface area contributed by atoms with Gasteiger partial charge in [-0.25, -0.2) is 4.85 Å². The molecule has 1 N–H and O–H groups in total. The van der Waals surface area contributed by atoms with Gasteiger partial charge in [-0.05, 0) is 24.3 Å². The van der Waals surface area contributed by atoms with Gasteiger partial charge in [-0.15, -0.1) is 0 Å². The Hall–Kier alpha value is -1.79. The predicted molar refractivity (Wildman–Crippen MR) is 56.7 cm³/mol. The molecule has 0 radical (unpaired) electrons. The molecule has 0 fully saturated rings. The van der Waals surface area contributed by atoms with Crippen LogP contribution in [0.1, 0.15) is 5.69 Å². The van der Waals surface area contributed by atoms with Gasteiger partial charge in [0, 0.05) is 10.4 Å². The molecule has 0 aliphatic heterocycles. The number of fused-ring (bicyclic) bond motifs is 1. The van der Waals surface area contributed by atoms with Crippen molar-refractivity contribution in [3.8, 4) is 0 Å². The van der Waals surface area contributed by atoms with Gasteiger partial charge < -0.3 is 0 Å². The maximum absolute atomic E-state index is 6.63. The standard InChI is InChI=1S/C10H6ClN3/c1-12-5-4-10-8-6-7(11)2-3-9(8)13-14-10/h2-6H,(H,13,14)/b5-4+. The first-order chi connectivity index (χ1) is 6.81. The summed E-state index contributed by atoms with van der Waals surface area (Å²) < 4.78 is 0. The lowest BCUT2D eigenvalue weighted by Crippen LogP contribution is -1.71. The number of benzene rings is 1. The number of aromatic amines is 1. The first kappa shape index (κ1) is 8.79. The highest BCUT2D eigenvalue weighted by Crippen LogP contribution is 2.21. The highest BCUT2D eigenvalue weighted by atomic mass is 35.5. The number of aromatic nitrogens is 2. The van der Waals surface area contributed by atoms with Crippen LogP contribution in [-0.4, -0.2) is 10.2 Å². The van der Waals surface area contributed by atoms with E-state index in [2.05, 4.69) is 15.0 Å². The van der Waals surface area contributed by atoms with Crippen molar-refractivity contribution >= 4 is 28.6 Å². The van der Waals surface area contributed by atoms with E-state index in [1.165, 1.54) is 6.20 Å². The molecular formula is C10H6ClN3. The molecule has 0 saturated heterocycles. The summed E-state index contributed by atoms with van der Waals surface area (Å²) in [5.41, 5.74) is 1.65. The van der Waals surface area contributed by atoms with Gasteiger partial charge in [-0.2, -0.15) is 5.10 Å². The summed E-state index contributed by atoms with van der Waals surface area (Å²) in [7, 11) is 0. The van der Waals surface area contributed by atoms with E-state index in [0.717, 1.165) is 16.6 Å². The molecular weight excluding hydrogens is 198 g/mol. The van der Waals surface area contributed by atoms with E-state index in [0.29, 0.717) is 5.02 Å². The van der Waals surface area contributed by atoms with Gasteiger partial charge in [-0.3, -0.25) is 5.10 Å². The number of nitrogens with zero attached hydrogens (tertiary/aromatic N) is 2. The molecule has 0 bridgehead atoms.